The zero-order valence-corrected chi connectivity index (χ0v) is 17.1. The molecule has 2 atom stereocenters. The van der Waals surface area contributed by atoms with Crippen molar-refractivity contribution in [3.8, 4) is 11.1 Å². The summed E-state index contributed by atoms with van der Waals surface area (Å²) in [5.41, 5.74) is 11.7. The van der Waals surface area contributed by atoms with E-state index in [-0.39, 0.29) is 23.5 Å². The van der Waals surface area contributed by atoms with E-state index >= 15 is 0 Å². The number of carbonyl (C=O) groups excluding carboxylic acids is 1. The molecule has 1 saturated carbocycles. The van der Waals surface area contributed by atoms with Crippen molar-refractivity contribution in [2.45, 2.75) is 57.1 Å². The summed E-state index contributed by atoms with van der Waals surface area (Å²) in [7, 11) is 0. The fourth-order valence-corrected chi connectivity index (χ4v) is 4.11. The van der Waals surface area contributed by atoms with E-state index in [1.54, 1.807) is 0 Å². The molecule has 5 heteroatoms. The van der Waals surface area contributed by atoms with Crippen molar-refractivity contribution in [1.29, 1.82) is 0 Å². The molecule has 0 amide bonds. The summed E-state index contributed by atoms with van der Waals surface area (Å²) in [5.74, 6) is -0.104. The summed E-state index contributed by atoms with van der Waals surface area (Å²) >= 11 is 0. The van der Waals surface area contributed by atoms with Gasteiger partial charge in [-0.1, -0.05) is 53.7 Å². The molecule has 1 fully saturated rings. The van der Waals surface area contributed by atoms with Crippen molar-refractivity contribution >= 4 is 11.7 Å². The maximum atomic E-state index is 11.9. The molecule has 1 aliphatic heterocycles. The second-order valence-corrected chi connectivity index (χ2v) is 8.18. The lowest BCUT2D eigenvalue weighted by atomic mass is 9.90. The number of esters is 1. The highest BCUT2D eigenvalue weighted by molar-refractivity contribution is 5.82. The molecule has 0 bridgehead atoms. The average Bonchev–Trinajstić information content (AvgIpc) is 3.49. The largest absolute Gasteiger partial charge is 0.466 e. The zero-order valence-electron chi connectivity index (χ0n) is 17.1. The van der Waals surface area contributed by atoms with E-state index in [1.165, 1.54) is 5.56 Å². The molecule has 0 spiro atoms. The van der Waals surface area contributed by atoms with Gasteiger partial charge in [-0.05, 0) is 48.9 Å². The first-order valence-corrected chi connectivity index (χ1v) is 10.3. The molecule has 2 aromatic carbocycles. The van der Waals surface area contributed by atoms with Crippen LogP contribution in [0.3, 0.4) is 0 Å². The molecule has 1 heterocycles. The van der Waals surface area contributed by atoms with Crippen LogP contribution in [-0.2, 0) is 19.8 Å². The summed E-state index contributed by atoms with van der Waals surface area (Å²) in [6, 6.07) is 16.8. The lowest BCUT2D eigenvalue weighted by Gasteiger charge is -2.26. The Balaban J connectivity index is 1.46. The number of oxime groups is 1. The number of benzene rings is 2. The maximum absolute atomic E-state index is 11.9. The molecule has 2 aromatic rings. The van der Waals surface area contributed by atoms with Gasteiger partial charge in [-0.2, -0.15) is 0 Å². The standard InChI is InChI=1S/C24H28N2O3/c1-3-28-22(27)15-24(12-13-24)20-10-8-18(9-11-20)17-4-6-19(7-5-17)23-21(25)14-16(2)26-29-23/h4-11,21,23H,3,12-15,25H2,1-2H3. The molecule has 0 saturated heterocycles. The fraction of sp³-hybridized carbons (Fsp3) is 0.417. The van der Waals surface area contributed by atoms with E-state index in [9.17, 15) is 4.79 Å². The number of hydrogen-bond acceptors (Lipinski definition) is 5. The van der Waals surface area contributed by atoms with Crippen LogP contribution in [-0.4, -0.2) is 24.3 Å². The minimum atomic E-state index is -0.201. The number of nitrogens with two attached hydrogens (primary N) is 1. The van der Waals surface area contributed by atoms with Gasteiger partial charge in [0.2, 0.25) is 0 Å². The molecular formula is C24H28N2O3. The van der Waals surface area contributed by atoms with Crippen LogP contribution in [0.5, 0.6) is 0 Å². The Morgan fingerprint density at radius 3 is 2.31 bits per heavy atom. The highest BCUT2D eigenvalue weighted by atomic mass is 16.6. The second-order valence-electron chi connectivity index (χ2n) is 8.18. The Morgan fingerprint density at radius 1 is 1.14 bits per heavy atom. The topological polar surface area (TPSA) is 73.9 Å². The van der Waals surface area contributed by atoms with Gasteiger partial charge >= 0.3 is 5.97 Å². The number of hydrogen-bond donors (Lipinski definition) is 1. The predicted octanol–water partition coefficient (Wildman–Crippen LogP) is 4.50. The van der Waals surface area contributed by atoms with Gasteiger partial charge in [0, 0.05) is 11.8 Å². The molecule has 2 unspecified atom stereocenters. The van der Waals surface area contributed by atoms with Crippen LogP contribution in [0.2, 0.25) is 0 Å². The normalized spacial score (nSPS) is 22.4. The first kappa shape index (κ1) is 19.6. The summed E-state index contributed by atoms with van der Waals surface area (Å²) in [4.78, 5) is 17.5. The molecule has 152 valence electrons. The summed E-state index contributed by atoms with van der Waals surface area (Å²) in [6.07, 6.45) is 3.11. The Kier molecular flexibility index (Phi) is 5.41. The summed E-state index contributed by atoms with van der Waals surface area (Å²) < 4.78 is 5.14. The van der Waals surface area contributed by atoms with Gasteiger partial charge in [0.1, 0.15) is 0 Å². The van der Waals surface area contributed by atoms with Crippen molar-refractivity contribution in [1.82, 2.24) is 0 Å². The van der Waals surface area contributed by atoms with Gasteiger partial charge in [-0.3, -0.25) is 4.79 Å². The van der Waals surface area contributed by atoms with Crippen LogP contribution >= 0.6 is 0 Å². The van der Waals surface area contributed by atoms with Crippen molar-refractivity contribution < 1.29 is 14.4 Å². The molecule has 0 aromatic heterocycles. The van der Waals surface area contributed by atoms with E-state index in [0.717, 1.165) is 41.7 Å². The Hall–Kier alpha value is -2.66. The van der Waals surface area contributed by atoms with Crippen molar-refractivity contribution in [3.63, 3.8) is 0 Å². The lowest BCUT2D eigenvalue weighted by Crippen LogP contribution is -2.34. The number of carbonyl (C=O) groups is 1. The minimum Gasteiger partial charge on any atom is -0.466 e. The van der Waals surface area contributed by atoms with Crippen LogP contribution in [0.25, 0.3) is 11.1 Å². The predicted molar refractivity (Wildman–Crippen MR) is 114 cm³/mol. The first-order valence-electron chi connectivity index (χ1n) is 10.3. The van der Waals surface area contributed by atoms with E-state index in [0.29, 0.717) is 13.0 Å². The molecule has 5 nitrogen and oxygen atoms in total. The van der Waals surface area contributed by atoms with Gasteiger partial charge in [0.15, 0.2) is 6.10 Å². The van der Waals surface area contributed by atoms with Crippen molar-refractivity contribution in [2.24, 2.45) is 10.9 Å². The van der Waals surface area contributed by atoms with E-state index < -0.39 is 0 Å². The minimum absolute atomic E-state index is 0.0260. The smallest absolute Gasteiger partial charge is 0.306 e. The molecule has 2 N–H and O–H groups in total. The van der Waals surface area contributed by atoms with Crippen LogP contribution in [0.1, 0.15) is 56.8 Å². The number of ether oxygens (including phenoxy) is 1. The summed E-state index contributed by atoms with van der Waals surface area (Å²) in [6.45, 7) is 4.22. The molecule has 0 radical (unpaired) electrons. The zero-order chi connectivity index (χ0) is 20.4. The fourth-order valence-electron chi connectivity index (χ4n) is 4.11. The van der Waals surface area contributed by atoms with Crippen molar-refractivity contribution in [2.75, 3.05) is 6.61 Å². The second kappa shape index (κ2) is 7.99. The van der Waals surface area contributed by atoms with Gasteiger partial charge < -0.3 is 15.3 Å². The van der Waals surface area contributed by atoms with Crippen LogP contribution in [0.15, 0.2) is 53.7 Å². The number of rotatable bonds is 6. The average molecular weight is 392 g/mol. The monoisotopic (exact) mass is 392 g/mol. The molecule has 1 aliphatic carbocycles. The quantitative estimate of drug-likeness (QED) is 0.735. The van der Waals surface area contributed by atoms with Crippen LogP contribution in [0, 0.1) is 0 Å². The third-order valence-corrected chi connectivity index (χ3v) is 5.95. The molecule has 4 rings (SSSR count). The Morgan fingerprint density at radius 2 is 1.76 bits per heavy atom. The van der Waals surface area contributed by atoms with Gasteiger partial charge in [0.05, 0.1) is 24.8 Å². The van der Waals surface area contributed by atoms with Gasteiger partial charge in [-0.25, -0.2) is 0 Å². The third kappa shape index (κ3) is 4.20. The summed E-state index contributed by atoms with van der Waals surface area (Å²) in [5, 5.41) is 4.09. The van der Waals surface area contributed by atoms with E-state index in [1.807, 2.05) is 13.8 Å². The third-order valence-electron chi connectivity index (χ3n) is 5.95. The van der Waals surface area contributed by atoms with Gasteiger partial charge in [0.25, 0.3) is 0 Å². The first-order chi connectivity index (χ1) is 14.0. The van der Waals surface area contributed by atoms with Crippen molar-refractivity contribution in [3.05, 3.63) is 59.7 Å². The van der Waals surface area contributed by atoms with Gasteiger partial charge in [-0.15, -0.1) is 0 Å². The molecule has 2 aliphatic rings. The molecular weight excluding hydrogens is 364 g/mol. The highest BCUT2D eigenvalue weighted by Gasteiger charge is 2.46. The highest BCUT2D eigenvalue weighted by Crippen LogP contribution is 2.51. The molecule has 29 heavy (non-hydrogen) atoms. The van der Waals surface area contributed by atoms with E-state index in [4.69, 9.17) is 15.3 Å². The number of nitrogens with zero attached hydrogens (tertiary/aromatic N) is 1. The van der Waals surface area contributed by atoms with Crippen LogP contribution in [0.4, 0.5) is 0 Å². The van der Waals surface area contributed by atoms with E-state index in [2.05, 4.69) is 53.7 Å². The Bertz CT molecular complexity index is 899. The maximum Gasteiger partial charge on any atom is 0.306 e. The Labute approximate surface area is 171 Å². The van der Waals surface area contributed by atoms with Crippen LogP contribution < -0.4 is 5.73 Å². The SMILES string of the molecule is CCOC(=O)CC1(c2ccc(-c3ccc(C4ON=C(C)CC4N)cc3)cc2)CC1. The lowest BCUT2D eigenvalue weighted by molar-refractivity contribution is -0.143.